The number of amides is 11. The molecule has 0 radical (unpaired) electrons. The molecule has 0 bridgehead atoms. The van der Waals surface area contributed by atoms with E-state index in [9.17, 15) is 56.3 Å². The Morgan fingerprint density at radius 3 is 1.79 bits per heavy atom. The van der Waals surface area contributed by atoms with Gasteiger partial charge in [-0.05, 0) is 121 Å². The molecule has 90 heavy (non-hydrogen) atoms. The summed E-state index contributed by atoms with van der Waals surface area (Å²) < 4.78 is 41.8. The fourth-order valence-corrected chi connectivity index (χ4v) is 15.1. The second kappa shape index (κ2) is 31.7. The lowest BCUT2D eigenvalue weighted by atomic mass is 9.78. The number of fused-ring (bicyclic) bond motifs is 2. The average molecular weight is 1300 g/mol. The Hall–Kier alpha value is -5.75. The number of nitrogens with one attached hydrogen (secondary N) is 4. The molecule has 1 spiro atoms. The number of hydrogen-bond donors (Lipinski definition) is 4. The third kappa shape index (κ3) is 17.5. The lowest BCUT2D eigenvalue weighted by molar-refractivity contribution is -0.182. The number of carbonyl (C=O) groups excluding carboxylic acids is 11. The Morgan fingerprint density at radius 2 is 1.19 bits per heavy atom. The molecule has 0 aromatic heterocycles. The van der Waals surface area contributed by atoms with E-state index in [1.165, 1.54) is 83.4 Å². The molecule has 3 heterocycles. The van der Waals surface area contributed by atoms with Crippen molar-refractivity contribution in [2.45, 2.75) is 255 Å². The molecule has 3 unspecified atom stereocenters. The van der Waals surface area contributed by atoms with Gasteiger partial charge in [-0.25, -0.2) is 0 Å². The van der Waals surface area contributed by atoms with Gasteiger partial charge >= 0.3 is 6.18 Å². The van der Waals surface area contributed by atoms with Crippen molar-refractivity contribution < 1.29 is 65.9 Å². The normalized spacial score (nSPS) is 32.1. The average Bonchev–Trinajstić information content (AvgIpc) is 3.36. The van der Waals surface area contributed by atoms with E-state index in [1.807, 2.05) is 6.92 Å². The second-order valence-corrected chi connectivity index (χ2v) is 28.1. The van der Waals surface area contributed by atoms with Crippen molar-refractivity contribution in [3.8, 4) is 0 Å². The summed E-state index contributed by atoms with van der Waals surface area (Å²) in [6, 6.07) is -9.86. The molecular weight excluding hydrogens is 1190 g/mol. The van der Waals surface area contributed by atoms with Gasteiger partial charge in [0, 0.05) is 66.2 Å². The van der Waals surface area contributed by atoms with Crippen LogP contribution in [0, 0.1) is 29.6 Å². The van der Waals surface area contributed by atoms with Gasteiger partial charge in [-0.15, -0.1) is 11.6 Å². The van der Waals surface area contributed by atoms with Crippen LogP contribution in [0.3, 0.4) is 0 Å². The van der Waals surface area contributed by atoms with Crippen LogP contribution in [0.4, 0.5) is 13.2 Å². The Balaban J connectivity index is 1.36. The standard InChI is InChI=1S/C64H103ClF3N11O11/c1-13-38(4)52-61(89)73(8)36-51(81)78-31-20-24-48(78)59(87)76(11)49(35-42-21-15-14-16-22-42)60(88)75(10)41(7)54(82)70-46(28-26-43-25-27-44(45(65)34-43)64(66,67)68)58(86)79-32-19-23-47(79)56(84)72-63(29-17-18-30-63)62(90)77(12)53(37(2)3)57(85)69-39(5)33-50(80)74(9)40(6)55(83)71-52/h37-49,52-53H,13-36H2,1-12H3,(H,69,85)(H,70,82)(H,71,83)(H,72,84)/t38-,39+,40-,41+,43?,44?,45?,46-,47-,48-,49-,52-,53-/m0/s1. The van der Waals surface area contributed by atoms with Crippen LogP contribution < -0.4 is 21.3 Å². The highest BCUT2D eigenvalue weighted by molar-refractivity contribution is 6.20. The molecule has 6 aliphatic rings. The molecule has 13 atom stereocenters. The van der Waals surface area contributed by atoms with Crippen molar-refractivity contribution >= 4 is 76.6 Å². The maximum absolute atomic E-state index is 15.2. The molecule has 22 nitrogen and oxygen atoms in total. The third-order valence-corrected chi connectivity index (χ3v) is 21.3. The van der Waals surface area contributed by atoms with Gasteiger partial charge in [0.05, 0.1) is 12.5 Å². The first-order chi connectivity index (χ1) is 42.2. The summed E-state index contributed by atoms with van der Waals surface area (Å²) in [6.45, 7) is 11.6. The van der Waals surface area contributed by atoms with Gasteiger partial charge in [0.15, 0.2) is 0 Å². The van der Waals surface area contributed by atoms with E-state index < -0.39 is 161 Å². The molecule has 508 valence electrons. The topological polar surface area (TPSA) is 259 Å². The van der Waals surface area contributed by atoms with Crippen LogP contribution in [0.2, 0.25) is 0 Å². The largest absolute Gasteiger partial charge is 0.393 e. The maximum Gasteiger partial charge on any atom is 0.393 e. The molecule has 11 amide bonds. The first-order valence-corrected chi connectivity index (χ1v) is 33.5. The zero-order valence-electron chi connectivity index (χ0n) is 55.3. The van der Waals surface area contributed by atoms with Crippen LogP contribution in [0.5, 0.6) is 0 Å². The fourth-order valence-electron chi connectivity index (χ4n) is 14.6. The van der Waals surface area contributed by atoms with Crippen LogP contribution in [-0.2, 0) is 52.7 Å². The fraction of sp³-hybridized carbons (Fsp3) is 0.828. The monoisotopic (exact) mass is 1290 g/mol. The third-order valence-electron chi connectivity index (χ3n) is 20.8. The lowest BCUT2D eigenvalue weighted by Gasteiger charge is -2.39. The van der Waals surface area contributed by atoms with Crippen molar-refractivity contribution in [1.82, 2.24) is 55.6 Å². The van der Waals surface area contributed by atoms with Gasteiger partial charge in [0.25, 0.3) is 0 Å². The van der Waals surface area contributed by atoms with Gasteiger partial charge in [0.2, 0.25) is 65.0 Å². The number of rotatable bonds is 8. The number of likely N-dealkylation sites (N-methyl/N-ethyl adjacent to an activating group) is 5. The summed E-state index contributed by atoms with van der Waals surface area (Å²) in [5.41, 5.74) is -1.47. The van der Waals surface area contributed by atoms with Gasteiger partial charge in [-0.1, -0.05) is 79.1 Å². The van der Waals surface area contributed by atoms with Crippen LogP contribution in [0.25, 0.3) is 0 Å². The van der Waals surface area contributed by atoms with Crippen molar-refractivity contribution in [3.05, 3.63) is 0 Å². The minimum Gasteiger partial charge on any atom is -0.351 e. The van der Waals surface area contributed by atoms with Gasteiger partial charge in [0.1, 0.15) is 53.9 Å². The molecule has 3 aliphatic carbocycles. The molecule has 3 aliphatic heterocycles. The molecule has 3 saturated carbocycles. The number of alkyl halides is 4. The number of carbonyl (C=O) groups is 11. The first kappa shape index (κ1) is 73.3. The Kier molecular flexibility index (Phi) is 25.8. The molecule has 6 fully saturated rings. The molecule has 0 aromatic carbocycles. The number of nitrogens with zero attached hydrogens (tertiary/aromatic N) is 7. The summed E-state index contributed by atoms with van der Waals surface area (Å²) in [5.74, 6) is -9.30. The van der Waals surface area contributed by atoms with Crippen molar-refractivity contribution in [2.24, 2.45) is 29.6 Å². The maximum atomic E-state index is 15.2. The SMILES string of the molecule is CC[C@H](C)[C@@H]1NC(=O)[C@H](C)N(C)C(=O)C[C@@H](C)NC(=O)[C@H](C(C)C)N(C)C(=O)C2(CCCC2)NC(=O)[C@@H]2CCCN2C(=O)[C@H](CCC2CCC(C(F)(F)F)C(Cl)C2)NC(=O)[C@@H](C)N(C)C(=O)[C@H](CC2CCCCC2)N(C)C(=O)[C@@H]2CCCN2C(=O)CN(C)C1=O. The second-order valence-electron chi connectivity index (χ2n) is 27.5. The molecule has 26 heteroatoms. The Bertz CT molecular complexity index is 2600. The predicted molar refractivity (Wildman–Crippen MR) is 331 cm³/mol. The smallest absolute Gasteiger partial charge is 0.351 e. The summed E-state index contributed by atoms with van der Waals surface area (Å²) in [7, 11) is 7.29. The van der Waals surface area contributed by atoms with Crippen LogP contribution in [0.15, 0.2) is 0 Å². The molecule has 4 N–H and O–H groups in total. The minimum atomic E-state index is -4.49. The highest BCUT2D eigenvalue weighted by Gasteiger charge is 2.51. The molecular formula is C64H103ClF3N11O11. The predicted octanol–water partition coefficient (Wildman–Crippen LogP) is 5.12. The quantitative estimate of drug-likeness (QED) is 0.232. The van der Waals surface area contributed by atoms with E-state index in [1.54, 1.807) is 27.7 Å². The summed E-state index contributed by atoms with van der Waals surface area (Å²) in [5, 5.41) is 10.4. The van der Waals surface area contributed by atoms with Gasteiger partial charge in [-0.3, -0.25) is 52.7 Å². The Labute approximate surface area is 535 Å². The molecule has 3 saturated heterocycles. The van der Waals surface area contributed by atoms with E-state index >= 15 is 9.59 Å². The van der Waals surface area contributed by atoms with Crippen molar-refractivity contribution in [2.75, 3.05) is 54.9 Å². The summed E-state index contributed by atoms with van der Waals surface area (Å²) in [4.78, 5) is 170. The molecule has 0 aromatic rings. The molecule has 6 rings (SSSR count). The first-order valence-electron chi connectivity index (χ1n) is 33.1. The van der Waals surface area contributed by atoms with Gasteiger partial charge in [-0.2, -0.15) is 13.2 Å². The zero-order chi connectivity index (χ0) is 66.9. The van der Waals surface area contributed by atoms with Crippen LogP contribution in [0.1, 0.15) is 183 Å². The highest BCUT2D eigenvalue weighted by atomic mass is 35.5. The minimum absolute atomic E-state index is 0.0142. The van der Waals surface area contributed by atoms with Crippen LogP contribution >= 0.6 is 11.6 Å². The van der Waals surface area contributed by atoms with Crippen molar-refractivity contribution in [1.29, 1.82) is 0 Å². The van der Waals surface area contributed by atoms with E-state index in [2.05, 4.69) is 21.3 Å². The number of halogens is 4. The van der Waals surface area contributed by atoms with E-state index in [4.69, 9.17) is 11.6 Å². The van der Waals surface area contributed by atoms with Crippen LogP contribution in [-0.4, -0.2) is 226 Å². The zero-order valence-corrected chi connectivity index (χ0v) is 56.0. The Morgan fingerprint density at radius 1 is 0.589 bits per heavy atom. The van der Waals surface area contributed by atoms with E-state index in [0.717, 1.165) is 32.1 Å². The lowest BCUT2D eigenvalue weighted by Crippen LogP contribution is -2.64. The number of hydrogen-bond acceptors (Lipinski definition) is 11. The summed E-state index contributed by atoms with van der Waals surface area (Å²) in [6.07, 6.45) is 3.43. The van der Waals surface area contributed by atoms with Gasteiger partial charge < -0.3 is 55.6 Å². The van der Waals surface area contributed by atoms with E-state index in [0.29, 0.717) is 32.1 Å². The van der Waals surface area contributed by atoms with Crippen molar-refractivity contribution in [3.63, 3.8) is 0 Å². The van der Waals surface area contributed by atoms with E-state index in [-0.39, 0.29) is 95.6 Å². The summed E-state index contributed by atoms with van der Waals surface area (Å²) >= 11 is 6.38. The highest BCUT2D eigenvalue weighted by Crippen LogP contribution is 2.44.